The van der Waals surface area contributed by atoms with Gasteiger partial charge in [-0.2, -0.15) is 0 Å². The maximum absolute atomic E-state index is 12.4. The van der Waals surface area contributed by atoms with Gasteiger partial charge < -0.3 is 15.5 Å². The van der Waals surface area contributed by atoms with Gasteiger partial charge in [-0.25, -0.2) is 4.79 Å². The normalized spacial score (nSPS) is 42.5. The molecule has 1 unspecified atom stereocenters. The Labute approximate surface area is 195 Å². The van der Waals surface area contributed by atoms with Crippen LogP contribution < -0.4 is 10.6 Å². The molecule has 0 radical (unpaired) electrons. The number of carbonyl (C=O) groups excluding carboxylic acids is 2. The average Bonchev–Trinajstić information content (AvgIpc) is 3.05. The smallest absolute Gasteiger partial charge is 0.315 e. The molecule has 8 atom stereocenters. The highest BCUT2D eigenvalue weighted by Crippen LogP contribution is 2.67. The summed E-state index contributed by atoms with van der Waals surface area (Å²) < 4.78 is 0. The van der Waals surface area contributed by atoms with Crippen molar-refractivity contribution in [1.29, 1.82) is 0 Å². The van der Waals surface area contributed by atoms with E-state index in [9.17, 15) is 9.59 Å². The number of amides is 3. The third kappa shape index (κ3) is 3.96. The van der Waals surface area contributed by atoms with Gasteiger partial charge in [0.25, 0.3) is 0 Å². The maximum Gasteiger partial charge on any atom is 0.315 e. The van der Waals surface area contributed by atoms with E-state index in [4.69, 9.17) is 0 Å². The van der Waals surface area contributed by atoms with Crippen LogP contribution in [0.5, 0.6) is 0 Å². The summed E-state index contributed by atoms with van der Waals surface area (Å²) in [5, 5.41) is 6.18. The lowest BCUT2D eigenvalue weighted by Crippen LogP contribution is -2.61. The van der Waals surface area contributed by atoms with Gasteiger partial charge in [0, 0.05) is 31.6 Å². The minimum atomic E-state index is -0.205. The van der Waals surface area contributed by atoms with Gasteiger partial charge in [-0.05, 0) is 106 Å². The number of carbonyl (C=O) groups is 2. The van der Waals surface area contributed by atoms with Crippen LogP contribution in [0.1, 0.15) is 92.9 Å². The van der Waals surface area contributed by atoms with Crippen molar-refractivity contribution < 1.29 is 9.59 Å². The van der Waals surface area contributed by atoms with Gasteiger partial charge >= 0.3 is 6.03 Å². The second-order valence-electron chi connectivity index (χ2n) is 13.3. The first-order chi connectivity index (χ1) is 14.9. The van der Waals surface area contributed by atoms with Gasteiger partial charge in [0.2, 0.25) is 5.91 Å². The highest BCUT2D eigenvalue weighted by molar-refractivity contribution is 5.77. The molecule has 3 saturated carbocycles. The first kappa shape index (κ1) is 23.9. The van der Waals surface area contributed by atoms with Crippen molar-refractivity contribution in [2.75, 3.05) is 13.6 Å². The van der Waals surface area contributed by atoms with E-state index in [1.54, 1.807) is 0 Å². The topological polar surface area (TPSA) is 61.4 Å². The summed E-state index contributed by atoms with van der Waals surface area (Å²) in [7, 11) is 2.05. The molecule has 182 valence electrons. The van der Waals surface area contributed by atoms with Crippen LogP contribution in [-0.4, -0.2) is 42.0 Å². The molecule has 3 amide bonds. The van der Waals surface area contributed by atoms with Crippen LogP contribution in [0.25, 0.3) is 0 Å². The Morgan fingerprint density at radius 1 is 1.06 bits per heavy atom. The van der Waals surface area contributed by atoms with Crippen molar-refractivity contribution in [3.8, 4) is 0 Å². The molecule has 1 aliphatic heterocycles. The van der Waals surface area contributed by atoms with Crippen molar-refractivity contribution in [2.24, 2.45) is 40.4 Å². The first-order valence-electron chi connectivity index (χ1n) is 13.2. The number of piperidine rings is 1. The lowest BCUT2D eigenvalue weighted by atomic mass is 9.46. The van der Waals surface area contributed by atoms with E-state index < -0.39 is 0 Å². The van der Waals surface area contributed by atoms with E-state index in [1.807, 2.05) is 27.8 Å². The molecule has 0 spiro atoms. The molecule has 2 N–H and O–H groups in total. The van der Waals surface area contributed by atoms with E-state index in [2.05, 4.69) is 36.3 Å². The Morgan fingerprint density at radius 3 is 2.44 bits per heavy atom. The number of likely N-dealkylation sites (tertiary alicyclic amines) is 1. The van der Waals surface area contributed by atoms with E-state index >= 15 is 0 Å². The molecule has 3 aliphatic carbocycles. The molecular formula is C27H47N3O2. The Kier molecular flexibility index (Phi) is 6.12. The standard InChI is InChI=1S/C27H47N3O2/c1-17(16-28-24(32)29-25(2,3)4)19-9-10-20-18-8-11-22-27(6,15-13-23(31)30(22)7)21(18)12-14-26(19,20)5/h17-22H,8-16H2,1-7H3,(H2,28,29,32)/t17?,18-,19+,20-,21-,22+,26+,27+/m0/s1. The summed E-state index contributed by atoms with van der Waals surface area (Å²) in [5.41, 5.74) is 0.481. The van der Waals surface area contributed by atoms with E-state index in [0.29, 0.717) is 34.6 Å². The number of fused-ring (bicyclic) bond motifs is 5. The minimum absolute atomic E-state index is 0.0463. The summed E-state index contributed by atoms with van der Waals surface area (Å²) in [6.45, 7) is 14.2. The summed E-state index contributed by atoms with van der Waals surface area (Å²) >= 11 is 0. The Hall–Kier alpha value is -1.26. The minimum Gasteiger partial charge on any atom is -0.342 e. The van der Waals surface area contributed by atoms with E-state index in [1.165, 1.54) is 38.5 Å². The van der Waals surface area contributed by atoms with Crippen LogP contribution in [-0.2, 0) is 4.79 Å². The fourth-order valence-electron chi connectivity index (χ4n) is 8.91. The lowest BCUT2D eigenvalue weighted by Gasteiger charge is -2.62. The summed E-state index contributed by atoms with van der Waals surface area (Å²) in [6.07, 6.45) is 9.55. The van der Waals surface area contributed by atoms with Gasteiger partial charge in [0.05, 0.1) is 0 Å². The van der Waals surface area contributed by atoms with Gasteiger partial charge in [0.1, 0.15) is 0 Å². The summed E-state index contributed by atoms with van der Waals surface area (Å²) in [4.78, 5) is 26.8. The third-order valence-electron chi connectivity index (χ3n) is 10.4. The number of rotatable bonds is 3. The monoisotopic (exact) mass is 445 g/mol. The zero-order chi connectivity index (χ0) is 23.5. The van der Waals surface area contributed by atoms with Crippen molar-refractivity contribution in [3.63, 3.8) is 0 Å². The van der Waals surface area contributed by atoms with Crippen molar-refractivity contribution in [1.82, 2.24) is 15.5 Å². The van der Waals surface area contributed by atoms with Crippen LogP contribution in [0.15, 0.2) is 0 Å². The Balaban J connectivity index is 1.44. The highest BCUT2D eigenvalue weighted by Gasteiger charge is 2.61. The molecule has 5 heteroatoms. The van der Waals surface area contributed by atoms with Crippen molar-refractivity contribution >= 4 is 11.9 Å². The van der Waals surface area contributed by atoms with Crippen LogP contribution in [0.2, 0.25) is 0 Å². The molecule has 0 aromatic carbocycles. The second kappa shape index (κ2) is 8.20. The summed E-state index contributed by atoms with van der Waals surface area (Å²) in [6, 6.07) is 0.394. The number of urea groups is 1. The van der Waals surface area contributed by atoms with Gasteiger partial charge in [-0.1, -0.05) is 20.8 Å². The van der Waals surface area contributed by atoms with E-state index in [0.717, 1.165) is 37.1 Å². The van der Waals surface area contributed by atoms with Crippen LogP contribution >= 0.6 is 0 Å². The molecule has 0 bridgehead atoms. The SMILES string of the molecule is CC(CNC(=O)NC(C)(C)C)[C@H]1CC[C@H]2[C@@H]3CC[C@H]4N(C)C(=O)CC[C@]4(C)[C@H]3CC[C@]12C. The zero-order valence-electron chi connectivity index (χ0n) is 21.6. The van der Waals surface area contributed by atoms with Gasteiger partial charge in [-0.15, -0.1) is 0 Å². The predicted octanol–water partition coefficient (Wildman–Crippen LogP) is 5.20. The zero-order valence-corrected chi connectivity index (χ0v) is 21.6. The highest BCUT2D eigenvalue weighted by atomic mass is 16.2. The number of hydrogen-bond acceptors (Lipinski definition) is 2. The Bertz CT molecular complexity index is 746. The third-order valence-corrected chi connectivity index (χ3v) is 10.4. The van der Waals surface area contributed by atoms with Crippen LogP contribution in [0.3, 0.4) is 0 Å². The maximum atomic E-state index is 12.4. The van der Waals surface area contributed by atoms with E-state index in [-0.39, 0.29) is 11.6 Å². The molecule has 32 heavy (non-hydrogen) atoms. The lowest BCUT2D eigenvalue weighted by molar-refractivity contribution is -0.158. The molecule has 4 rings (SSSR count). The molecule has 1 saturated heterocycles. The molecule has 0 aromatic heterocycles. The van der Waals surface area contributed by atoms with Gasteiger partial charge in [-0.3, -0.25) is 4.79 Å². The molecule has 5 nitrogen and oxygen atoms in total. The molecule has 4 fully saturated rings. The number of nitrogens with zero attached hydrogens (tertiary/aromatic N) is 1. The molecule has 1 heterocycles. The summed E-state index contributed by atoms with van der Waals surface area (Å²) in [5.74, 6) is 3.91. The fraction of sp³-hybridized carbons (Fsp3) is 0.926. The second-order valence-corrected chi connectivity index (χ2v) is 13.3. The van der Waals surface area contributed by atoms with Crippen molar-refractivity contribution in [2.45, 2.75) is 104 Å². The predicted molar refractivity (Wildman–Crippen MR) is 129 cm³/mol. The van der Waals surface area contributed by atoms with Crippen LogP contribution in [0, 0.1) is 40.4 Å². The molecule has 0 aromatic rings. The number of nitrogens with one attached hydrogen (secondary N) is 2. The Morgan fingerprint density at radius 2 is 1.75 bits per heavy atom. The molecular weight excluding hydrogens is 398 g/mol. The fourth-order valence-corrected chi connectivity index (χ4v) is 8.91. The largest absolute Gasteiger partial charge is 0.342 e. The molecule has 4 aliphatic rings. The average molecular weight is 446 g/mol. The van der Waals surface area contributed by atoms with Crippen LogP contribution in [0.4, 0.5) is 4.79 Å². The van der Waals surface area contributed by atoms with Gasteiger partial charge in [0.15, 0.2) is 0 Å². The first-order valence-corrected chi connectivity index (χ1v) is 13.2. The quantitative estimate of drug-likeness (QED) is 0.627. The van der Waals surface area contributed by atoms with Crippen molar-refractivity contribution in [3.05, 3.63) is 0 Å². The number of hydrogen-bond donors (Lipinski definition) is 2.